The van der Waals surface area contributed by atoms with Crippen molar-refractivity contribution < 1.29 is 14.3 Å². The lowest BCUT2D eigenvalue weighted by Gasteiger charge is -2.22. The molecular formula is C15H21NO3. The molecule has 4 nitrogen and oxygen atoms in total. The Kier molecular flexibility index (Phi) is 4.43. The molecular weight excluding hydrogens is 242 g/mol. The minimum atomic E-state index is -0.208. The normalized spacial score (nSPS) is 26.2. The molecule has 0 unspecified atom stereocenters. The number of hydrogen-bond donors (Lipinski definition) is 1. The topological polar surface area (TPSA) is 47.6 Å². The van der Waals surface area contributed by atoms with Crippen molar-refractivity contribution in [2.24, 2.45) is 5.92 Å². The predicted molar refractivity (Wildman–Crippen MR) is 73.2 cm³/mol. The first-order valence-electron chi connectivity index (χ1n) is 6.63. The molecule has 1 fully saturated rings. The van der Waals surface area contributed by atoms with Crippen molar-refractivity contribution in [1.82, 2.24) is 5.32 Å². The molecule has 0 bridgehead atoms. The van der Waals surface area contributed by atoms with E-state index in [0.29, 0.717) is 5.92 Å². The maximum absolute atomic E-state index is 11.2. The molecule has 1 aromatic carbocycles. The fraction of sp³-hybridized carbons (Fsp3) is 0.533. The fourth-order valence-corrected chi connectivity index (χ4v) is 2.56. The third-order valence-corrected chi connectivity index (χ3v) is 3.58. The number of carbonyl (C=O) groups excluding carboxylic acids is 1. The van der Waals surface area contributed by atoms with Crippen LogP contribution in [-0.4, -0.2) is 31.8 Å². The second kappa shape index (κ2) is 6.06. The summed E-state index contributed by atoms with van der Waals surface area (Å²) in [5.74, 6) is 1.00. The first kappa shape index (κ1) is 13.9. The van der Waals surface area contributed by atoms with Gasteiger partial charge in [0.05, 0.1) is 7.11 Å². The van der Waals surface area contributed by atoms with E-state index in [0.717, 1.165) is 18.7 Å². The number of rotatable bonds is 4. The zero-order valence-corrected chi connectivity index (χ0v) is 11.7. The van der Waals surface area contributed by atoms with Crippen LogP contribution in [0.2, 0.25) is 0 Å². The summed E-state index contributed by atoms with van der Waals surface area (Å²) >= 11 is 0. The van der Waals surface area contributed by atoms with Crippen LogP contribution in [0.5, 0.6) is 5.75 Å². The van der Waals surface area contributed by atoms with E-state index in [9.17, 15) is 4.79 Å². The monoisotopic (exact) mass is 263 g/mol. The molecule has 1 saturated heterocycles. The molecule has 0 saturated carbocycles. The second-order valence-corrected chi connectivity index (χ2v) is 5.12. The van der Waals surface area contributed by atoms with Crippen molar-refractivity contribution in [2.75, 3.05) is 13.7 Å². The van der Waals surface area contributed by atoms with Gasteiger partial charge in [-0.05, 0) is 24.1 Å². The number of hydrogen-bond acceptors (Lipinski definition) is 4. The molecule has 0 radical (unpaired) electrons. The highest BCUT2D eigenvalue weighted by Gasteiger charge is 2.35. The van der Waals surface area contributed by atoms with Crippen LogP contribution in [0.25, 0.3) is 0 Å². The van der Waals surface area contributed by atoms with Gasteiger partial charge in [0.2, 0.25) is 0 Å². The van der Waals surface area contributed by atoms with Gasteiger partial charge in [0.1, 0.15) is 11.9 Å². The summed E-state index contributed by atoms with van der Waals surface area (Å²) in [6.07, 6.45) is 0.811. The number of methoxy groups -OCH3 is 1. The Bertz CT molecular complexity index is 430. The van der Waals surface area contributed by atoms with Gasteiger partial charge in [-0.15, -0.1) is 0 Å². The zero-order chi connectivity index (χ0) is 13.8. The van der Waals surface area contributed by atoms with E-state index in [-0.39, 0.29) is 18.1 Å². The summed E-state index contributed by atoms with van der Waals surface area (Å²) in [5.41, 5.74) is 1.21. The fourth-order valence-electron chi connectivity index (χ4n) is 2.56. The van der Waals surface area contributed by atoms with E-state index >= 15 is 0 Å². The summed E-state index contributed by atoms with van der Waals surface area (Å²) in [6.45, 7) is 4.46. The number of esters is 1. The summed E-state index contributed by atoms with van der Waals surface area (Å²) in [6, 6.07) is 8.19. The van der Waals surface area contributed by atoms with Crippen LogP contribution in [0.4, 0.5) is 0 Å². The van der Waals surface area contributed by atoms with Crippen molar-refractivity contribution in [3.63, 3.8) is 0 Å². The lowest BCUT2D eigenvalue weighted by molar-refractivity contribution is -0.148. The van der Waals surface area contributed by atoms with E-state index in [1.54, 1.807) is 7.11 Å². The highest BCUT2D eigenvalue weighted by Crippen LogP contribution is 2.22. The van der Waals surface area contributed by atoms with Gasteiger partial charge in [-0.1, -0.05) is 19.1 Å². The third kappa shape index (κ3) is 3.47. The van der Waals surface area contributed by atoms with Crippen LogP contribution in [0, 0.1) is 5.92 Å². The Morgan fingerprint density at radius 1 is 1.37 bits per heavy atom. The Hall–Kier alpha value is -1.55. The standard InChI is InChI=1S/C15H21NO3/c1-10-9-16-14(15(10)19-11(2)17)8-12-4-6-13(18-3)7-5-12/h4-7,10,14-16H,8-9H2,1-3H3/t10-,14+,15+/m0/s1. The quantitative estimate of drug-likeness (QED) is 0.841. The number of nitrogens with one attached hydrogen (secondary N) is 1. The smallest absolute Gasteiger partial charge is 0.302 e. The van der Waals surface area contributed by atoms with Gasteiger partial charge in [0.25, 0.3) is 0 Å². The number of ether oxygens (including phenoxy) is 2. The van der Waals surface area contributed by atoms with Gasteiger partial charge >= 0.3 is 5.97 Å². The number of carbonyl (C=O) groups is 1. The highest BCUT2D eigenvalue weighted by molar-refractivity contribution is 5.66. The van der Waals surface area contributed by atoms with Crippen LogP contribution in [0.15, 0.2) is 24.3 Å². The van der Waals surface area contributed by atoms with E-state index < -0.39 is 0 Å². The molecule has 1 N–H and O–H groups in total. The largest absolute Gasteiger partial charge is 0.497 e. The maximum Gasteiger partial charge on any atom is 0.302 e. The van der Waals surface area contributed by atoms with Gasteiger partial charge in [-0.2, -0.15) is 0 Å². The molecule has 4 heteroatoms. The van der Waals surface area contributed by atoms with Crippen molar-refractivity contribution in [1.29, 1.82) is 0 Å². The summed E-state index contributed by atoms with van der Waals surface area (Å²) in [7, 11) is 1.66. The summed E-state index contributed by atoms with van der Waals surface area (Å²) in [5, 5.41) is 3.43. The van der Waals surface area contributed by atoms with Crippen molar-refractivity contribution >= 4 is 5.97 Å². The predicted octanol–water partition coefficient (Wildman–Crippen LogP) is 1.78. The molecule has 0 amide bonds. The lowest BCUT2D eigenvalue weighted by Crippen LogP contribution is -2.36. The average molecular weight is 263 g/mol. The van der Waals surface area contributed by atoms with E-state index in [1.165, 1.54) is 12.5 Å². The van der Waals surface area contributed by atoms with E-state index in [2.05, 4.69) is 12.2 Å². The molecule has 2 rings (SSSR count). The van der Waals surface area contributed by atoms with Crippen molar-refractivity contribution in [2.45, 2.75) is 32.4 Å². The van der Waals surface area contributed by atoms with Gasteiger partial charge < -0.3 is 14.8 Å². The number of benzene rings is 1. The minimum Gasteiger partial charge on any atom is -0.497 e. The van der Waals surface area contributed by atoms with Crippen LogP contribution >= 0.6 is 0 Å². The Labute approximate surface area is 114 Å². The maximum atomic E-state index is 11.2. The molecule has 1 aromatic rings. The van der Waals surface area contributed by atoms with E-state index in [1.807, 2.05) is 24.3 Å². The molecule has 19 heavy (non-hydrogen) atoms. The van der Waals surface area contributed by atoms with Gasteiger partial charge in [-0.25, -0.2) is 0 Å². The van der Waals surface area contributed by atoms with Crippen LogP contribution in [-0.2, 0) is 16.0 Å². The lowest BCUT2D eigenvalue weighted by atomic mass is 9.98. The Morgan fingerprint density at radius 2 is 2.05 bits per heavy atom. The van der Waals surface area contributed by atoms with Crippen LogP contribution in [0.1, 0.15) is 19.4 Å². The molecule has 0 aliphatic carbocycles. The van der Waals surface area contributed by atoms with Crippen molar-refractivity contribution in [3.05, 3.63) is 29.8 Å². The Morgan fingerprint density at radius 3 is 2.63 bits per heavy atom. The highest BCUT2D eigenvalue weighted by atomic mass is 16.5. The Balaban J connectivity index is 2.02. The first-order chi connectivity index (χ1) is 9.10. The summed E-state index contributed by atoms with van der Waals surface area (Å²) in [4.78, 5) is 11.2. The zero-order valence-electron chi connectivity index (χ0n) is 11.7. The first-order valence-corrected chi connectivity index (χ1v) is 6.63. The van der Waals surface area contributed by atoms with Crippen LogP contribution in [0.3, 0.4) is 0 Å². The van der Waals surface area contributed by atoms with Crippen LogP contribution < -0.4 is 10.1 Å². The molecule has 1 aliphatic rings. The van der Waals surface area contributed by atoms with E-state index in [4.69, 9.17) is 9.47 Å². The molecule has 3 atom stereocenters. The second-order valence-electron chi connectivity index (χ2n) is 5.12. The molecule has 0 spiro atoms. The molecule has 1 heterocycles. The van der Waals surface area contributed by atoms with Gasteiger partial charge in [0.15, 0.2) is 0 Å². The molecule has 104 valence electrons. The van der Waals surface area contributed by atoms with Gasteiger partial charge in [-0.3, -0.25) is 4.79 Å². The minimum absolute atomic E-state index is 0.0420. The third-order valence-electron chi connectivity index (χ3n) is 3.58. The summed E-state index contributed by atoms with van der Waals surface area (Å²) < 4.78 is 10.6. The SMILES string of the molecule is COc1ccc(C[C@H]2NC[C@H](C)[C@H]2OC(C)=O)cc1. The molecule has 0 aromatic heterocycles. The average Bonchev–Trinajstić information content (AvgIpc) is 2.72. The van der Waals surface area contributed by atoms with Gasteiger partial charge in [0, 0.05) is 25.4 Å². The molecule has 1 aliphatic heterocycles. The van der Waals surface area contributed by atoms with Crippen molar-refractivity contribution in [3.8, 4) is 5.75 Å².